The van der Waals surface area contributed by atoms with Crippen LogP contribution in [0, 0.1) is 0 Å². The number of nitrogens with zero attached hydrogens (tertiary/aromatic N) is 2. The van der Waals surface area contributed by atoms with E-state index in [0.717, 1.165) is 18.2 Å². The van der Waals surface area contributed by atoms with Gasteiger partial charge in [-0.05, 0) is 12.8 Å². The molecule has 21 heavy (non-hydrogen) atoms. The predicted octanol–water partition coefficient (Wildman–Crippen LogP) is 2.43. The maximum Gasteiger partial charge on any atom is 0.145 e. The topological polar surface area (TPSA) is 85.1 Å². The van der Waals surface area contributed by atoms with Crippen LogP contribution >= 0.6 is 0 Å². The molecule has 0 unspecified atom stereocenters. The maximum atomic E-state index is 5.83. The van der Waals surface area contributed by atoms with E-state index in [1.54, 1.807) is 0 Å². The van der Waals surface area contributed by atoms with Gasteiger partial charge in [-0.15, -0.1) is 0 Å². The Hall–Kier alpha value is -1.40. The molecule has 2 rings (SSSR count). The SMILES string of the molecule is CC(C)(C)c1nc(NN)cc(NCCOC2CCCC2)n1. The summed E-state index contributed by atoms with van der Waals surface area (Å²) in [4.78, 5) is 8.94. The second kappa shape index (κ2) is 7.04. The van der Waals surface area contributed by atoms with Gasteiger partial charge in [-0.2, -0.15) is 0 Å². The van der Waals surface area contributed by atoms with Crippen LogP contribution in [0.25, 0.3) is 0 Å². The van der Waals surface area contributed by atoms with E-state index in [-0.39, 0.29) is 5.41 Å². The van der Waals surface area contributed by atoms with Gasteiger partial charge >= 0.3 is 0 Å². The molecule has 0 saturated heterocycles. The highest BCUT2D eigenvalue weighted by Crippen LogP contribution is 2.22. The number of nitrogen functional groups attached to an aromatic ring is 1. The van der Waals surface area contributed by atoms with Gasteiger partial charge < -0.3 is 15.5 Å². The van der Waals surface area contributed by atoms with Crippen molar-refractivity contribution in [1.82, 2.24) is 9.97 Å². The number of nitrogens with two attached hydrogens (primary N) is 1. The third-order valence-corrected chi connectivity index (χ3v) is 3.61. The smallest absolute Gasteiger partial charge is 0.145 e. The molecule has 0 radical (unpaired) electrons. The van der Waals surface area contributed by atoms with Gasteiger partial charge in [0.2, 0.25) is 0 Å². The van der Waals surface area contributed by atoms with Gasteiger partial charge in [-0.3, -0.25) is 0 Å². The molecule has 1 aliphatic rings. The van der Waals surface area contributed by atoms with Crippen LogP contribution in [0.15, 0.2) is 6.07 Å². The number of rotatable bonds is 6. The molecule has 0 aromatic carbocycles. The summed E-state index contributed by atoms with van der Waals surface area (Å²) in [5.74, 6) is 7.63. The molecule has 1 heterocycles. The lowest BCUT2D eigenvalue weighted by Gasteiger charge is -2.19. The molecule has 1 fully saturated rings. The van der Waals surface area contributed by atoms with Crippen molar-refractivity contribution in [2.45, 2.75) is 58.0 Å². The van der Waals surface area contributed by atoms with Crippen molar-refractivity contribution >= 4 is 11.6 Å². The van der Waals surface area contributed by atoms with Crippen LogP contribution in [-0.2, 0) is 10.2 Å². The number of hydrazine groups is 1. The molecular weight excluding hydrogens is 266 g/mol. The third kappa shape index (κ3) is 4.82. The summed E-state index contributed by atoms with van der Waals surface area (Å²) in [7, 11) is 0. The molecule has 0 bridgehead atoms. The average Bonchev–Trinajstić information content (AvgIpc) is 2.95. The standard InChI is InChI=1S/C15H27N5O/c1-15(2,3)14-18-12(10-13(19-14)20-16)17-8-9-21-11-6-4-5-7-11/h10-11H,4-9,16H2,1-3H3,(H2,17,18,19,20). The van der Waals surface area contributed by atoms with E-state index >= 15 is 0 Å². The normalized spacial score (nSPS) is 16.2. The van der Waals surface area contributed by atoms with Crippen LogP contribution < -0.4 is 16.6 Å². The Bertz CT molecular complexity index is 452. The number of nitrogens with one attached hydrogen (secondary N) is 2. The number of hydrogen-bond donors (Lipinski definition) is 3. The minimum absolute atomic E-state index is 0.121. The quantitative estimate of drug-likeness (QED) is 0.424. The summed E-state index contributed by atoms with van der Waals surface area (Å²) >= 11 is 0. The van der Waals surface area contributed by atoms with Gasteiger partial charge in [-0.25, -0.2) is 15.8 Å². The van der Waals surface area contributed by atoms with E-state index in [1.807, 2.05) is 6.07 Å². The van der Waals surface area contributed by atoms with E-state index in [1.165, 1.54) is 25.7 Å². The van der Waals surface area contributed by atoms with E-state index in [4.69, 9.17) is 10.6 Å². The first kappa shape index (κ1) is 16.0. The second-order valence-corrected chi connectivity index (χ2v) is 6.56. The zero-order valence-electron chi connectivity index (χ0n) is 13.3. The van der Waals surface area contributed by atoms with Crippen molar-refractivity contribution in [3.05, 3.63) is 11.9 Å². The van der Waals surface area contributed by atoms with Gasteiger partial charge in [-0.1, -0.05) is 33.6 Å². The Labute approximate surface area is 126 Å². The molecule has 1 aliphatic carbocycles. The lowest BCUT2D eigenvalue weighted by atomic mass is 9.96. The Balaban J connectivity index is 1.89. The summed E-state index contributed by atoms with van der Waals surface area (Å²) in [6.07, 6.45) is 5.43. The Morgan fingerprint density at radius 1 is 1.24 bits per heavy atom. The van der Waals surface area contributed by atoms with Crippen molar-refractivity contribution in [2.75, 3.05) is 23.9 Å². The second-order valence-electron chi connectivity index (χ2n) is 6.56. The van der Waals surface area contributed by atoms with Crippen molar-refractivity contribution < 1.29 is 4.74 Å². The minimum Gasteiger partial charge on any atom is -0.376 e. The molecule has 0 spiro atoms. The summed E-state index contributed by atoms with van der Waals surface area (Å²) in [5, 5.41) is 3.28. The number of aromatic nitrogens is 2. The van der Waals surface area contributed by atoms with Crippen molar-refractivity contribution in [1.29, 1.82) is 0 Å². The molecular formula is C15H27N5O. The van der Waals surface area contributed by atoms with E-state index in [2.05, 4.69) is 41.5 Å². The van der Waals surface area contributed by atoms with Crippen LogP contribution in [0.5, 0.6) is 0 Å². The molecule has 4 N–H and O–H groups in total. The fourth-order valence-electron chi connectivity index (χ4n) is 2.41. The highest BCUT2D eigenvalue weighted by molar-refractivity contribution is 5.47. The van der Waals surface area contributed by atoms with Crippen LogP contribution in [-0.4, -0.2) is 29.2 Å². The summed E-state index contributed by atoms with van der Waals surface area (Å²) in [6.45, 7) is 7.67. The zero-order valence-corrected chi connectivity index (χ0v) is 13.3. The first-order chi connectivity index (χ1) is 9.99. The van der Waals surface area contributed by atoms with Crippen molar-refractivity contribution in [2.24, 2.45) is 5.84 Å². The highest BCUT2D eigenvalue weighted by Gasteiger charge is 2.19. The Morgan fingerprint density at radius 2 is 1.90 bits per heavy atom. The molecule has 1 saturated carbocycles. The lowest BCUT2D eigenvalue weighted by Crippen LogP contribution is -2.21. The Kier molecular flexibility index (Phi) is 5.36. The summed E-state index contributed by atoms with van der Waals surface area (Å²) < 4.78 is 5.83. The minimum atomic E-state index is -0.121. The molecule has 0 aliphatic heterocycles. The number of hydrogen-bond acceptors (Lipinski definition) is 6. The first-order valence-electron chi connectivity index (χ1n) is 7.70. The fourth-order valence-corrected chi connectivity index (χ4v) is 2.41. The van der Waals surface area contributed by atoms with Crippen LogP contribution in [0.3, 0.4) is 0 Å². The van der Waals surface area contributed by atoms with Crippen LogP contribution in [0.1, 0.15) is 52.3 Å². The van der Waals surface area contributed by atoms with Crippen molar-refractivity contribution in [3.63, 3.8) is 0 Å². The molecule has 118 valence electrons. The summed E-state index contributed by atoms with van der Waals surface area (Å²) in [5.41, 5.74) is 2.47. The molecule has 6 nitrogen and oxygen atoms in total. The predicted molar refractivity (Wildman–Crippen MR) is 85.2 cm³/mol. The molecule has 6 heteroatoms. The number of anilines is 2. The average molecular weight is 293 g/mol. The van der Waals surface area contributed by atoms with Crippen molar-refractivity contribution in [3.8, 4) is 0 Å². The monoisotopic (exact) mass is 293 g/mol. The van der Waals surface area contributed by atoms with Gasteiger partial charge in [0, 0.05) is 18.0 Å². The van der Waals surface area contributed by atoms with E-state index < -0.39 is 0 Å². The van der Waals surface area contributed by atoms with Gasteiger partial charge in [0.25, 0.3) is 0 Å². The lowest BCUT2D eigenvalue weighted by molar-refractivity contribution is 0.0658. The maximum absolute atomic E-state index is 5.83. The first-order valence-corrected chi connectivity index (χ1v) is 7.70. The summed E-state index contributed by atoms with van der Waals surface area (Å²) in [6, 6.07) is 1.81. The van der Waals surface area contributed by atoms with Gasteiger partial charge in [0.15, 0.2) is 0 Å². The third-order valence-electron chi connectivity index (χ3n) is 3.61. The zero-order chi connectivity index (χ0) is 15.3. The van der Waals surface area contributed by atoms with Gasteiger partial charge in [0.05, 0.1) is 12.7 Å². The Morgan fingerprint density at radius 3 is 2.52 bits per heavy atom. The molecule has 1 aromatic rings. The van der Waals surface area contributed by atoms with E-state index in [9.17, 15) is 0 Å². The van der Waals surface area contributed by atoms with Gasteiger partial charge in [0.1, 0.15) is 17.5 Å². The molecule has 0 atom stereocenters. The fraction of sp³-hybridized carbons (Fsp3) is 0.733. The largest absolute Gasteiger partial charge is 0.376 e. The molecule has 0 amide bonds. The van der Waals surface area contributed by atoms with Crippen LogP contribution in [0.4, 0.5) is 11.6 Å². The highest BCUT2D eigenvalue weighted by atomic mass is 16.5. The van der Waals surface area contributed by atoms with E-state index in [0.29, 0.717) is 18.5 Å². The molecule has 1 aromatic heterocycles. The van der Waals surface area contributed by atoms with Crippen LogP contribution in [0.2, 0.25) is 0 Å². The number of ether oxygens (including phenoxy) is 1.